The molecule has 0 fully saturated rings. The average Bonchev–Trinajstić information content (AvgIpc) is 2.67. The van der Waals surface area contributed by atoms with E-state index < -0.39 is 12.3 Å². The topological polar surface area (TPSA) is 93.1 Å². The van der Waals surface area contributed by atoms with Gasteiger partial charge in [-0.15, -0.1) is 0 Å². The van der Waals surface area contributed by atoms with Gasteiger partial charge in [0, 0.05) is 0 Å². The molecule has 2 aromatic rings. The van der Waals surface area contributed by atoms with Gasteiger partial charge in [-0.05, 0) is 36.4 Å². The van der Waals surface area contributed by atoms with E-state index in [0.717, 1.165) is 11.0 Å². The molecular formula is C24H36N2O6+2. The molecule has 0 bridgehead atoms. The number of rotatable bonds is 8. The smallest absolute Gasteiger partial charge is 0.340 e. The first kappa shape index (κ1) is 27.1. The summed E-state index contributed by atoms with van der Waals surface area (Å²) in [5.41, 5.74) is 0.905. The zero-order chi connectivity index (χ0) is 24.4. The number of phenolic OH excluding ortho intramolecular Hbond substituents is 1. The summed E-state index contributed by atoms with van der Waals surface area (Å²) in [7, 11) is 11.9. The Labute approximate surface area is 190 Å². The Kier molecular flexibility index (Phi) is 10.3. The van der Waals surface area contributed by atoms with E-state index in [-0.39, 0.29) is 11.7 Å². The number of aromatic hydroxyl groups is 1. The van der Waals surface area contributed by atoms with Crippen LogP contribution in [-0.4, -0.2) is 99.4 Å². The molecule has 2 aromatic carbocycles. The summed E-state index contributed by atoms with van der Waals surface area (Å²) in [4.78, 5) is 23.1. The third-order valence-electron chi connectivity index (χ3n) is 4.05. The van der Waals surface area contributed by atoms with Crippen LogP contribution in [0.2, 0.25) is 0 Å². The summed E-state index contributed by atoms with van der Waals surface area (Å²) in [5, 5.41) is 18.6. The lowest BCUT2D eigenvalue weighted by molar-refractivity contribution is -0.876. The number of hydrogen-bond donors (Lipinski definition) is 2. The van der Waals surface area contributed by atoms with Crippen LogP contribution in [0.3, 0.4) is 0 Å². The molecule has 176 valence electrons. The van der Waals surface area contributed by atoms with Crippen molar-refractivity contribution in [2.75, 3.05) is 62.0 Å². The second kappa shape index (κ2) is 12.2. The van der Waals surface area contributed by atoms with Crippen LogP contribution in [0.1, 0.15) is 20.7 Å². The Morgan fingerprint density at radius 3 is 1.84 bits per heavy atom. The number of carbonyl (C=O) groups is 2. The molecule has 8 heteroatoms. The van der Waals surface area contributed by atoms with Gasteiger partial charge in [-0.25, -0.2) is 9.59 Å². The van der Waals surface area contributed by atoms with Crippen molar-refractivity contribution in [2.24, 2.45) is 0 Å². The van der Waals surface area contributed by atoms with Crippen LogP contribution >= 0.6 is 0 Å². The minimum atomic E-state index is -1.08. The number of likely N-dealkylation sites (N-methyl/N-ethyl adjacent to an activating group) is 2. The second-order valence-electron chi connectivity index (χ2n) is 9.40. The Morgan fingerprint density at radius 2 is 1.34 bits per heavy atom. The zero-order valence-corrected chi connectivity index (χ0v) is 19.8. The van der Waals surface area contributed by atoms with Crippen LogP contribution in [0, 0.1) is 0 Å². The number of aliphatic hydroxyl groups excluding tert-OH is 1. The summed E-state index contributed by atoms with van der Waals surface area (Å²) >= 11 is 0. The maximum Gasteiger partial charge on any atom is 0.340 e. The molecule has 0 aliphatic carbocycles. The lowest BCUT2D eigenvalue weighted by Gasteiger charge is -2.26. The number of phenols is 1. The Bertz CT molecular complexity index is 840. The van der Waals surface area contributed by atoms with Gasteiger partial charge in [0.25, 0.3) is 6.29 Å². The zero-order valence-electron chi connectivity index (χ0n) is 19.8. The van der Waals surface area contributed by atoms with E-state index in [0.29, 0.717) is 28.8 Å². The standard InChI is InChI=1S/C12H17NO3.C12H18NO3/c1-13(2,3)8-9-16-12(15)10-4-6-11(14)7-5-10;1-13(2,3)9-11(14)16-12(15)10-7-5-4-6-8-10/h4-7H,8-9H2,1-3H3;4-8,11,14H,9H2,1-3H3/q;+1/p+1. The van der Waals surface area contributed by atoms with Gasteiger partial charge in [0.05, 0.1) is 53.4 Å². The van der Waals surface area contributed by atoms with Gasteiger partial charge in [0.1, 0.15) is 25.4 Å². The van der Waals surface area contributed by atoms with Crippen molar-refractivity contribution in [3.05, 3.63) is 65.7 Å². The van der Waals surface area contributed by atoms with E-state index in [1.807, 2.05) is 48.4 Å². The van der Waals surface area contributed by atoms with Gasteiger partial charge in [-0.3, -0.25) is 0 Å². The van der Waals surface area contributed by atoms with Crippen molar-refractivity contribution in [1.82, 2.24) is 0 Å². The first-order valence-electron chi connectivity index (χ1n) is 10.3. The second-order valence-corrected chi connectivity index (χ2v) is 9.40. The lowest BCUT2D eigenvalue weighted by atomic mass is 10.2. The number of ether oxygens (including phenoxy) is 2. The highest BCUT2D eigenvalue weighted by Crippen LogP contribution is 2.10. The van der Waals surface area contributed by atoms with Crippen LogP contribution in [0.4, 0.5) is 0 Å². The van der Waals surface area contributed by atoms with Gasteiger partial charge in [0.15, 0.2) is 0 Å². The number of aliphatic hydroxyl groups is 1. The maximum atomic E-state index is 11.6. The highest BCUT2D eigenvalue weighted by atomic mass is 16.6. The number of hydrogen-bond acceptors (Lipinski definition) is 6. The molecule has 0 spiro atoms. The van der Waals surface area contributed by atoms with Crippen molar-refractivity contribution in [2.45, 2.75) is 6.29 Å². The maximum absolute atomic E-state index is 11.6. The first-order valence-corrected chi connectivity index (χ1v) is 10.3. The lowest BCUT2D eigenvalue weighted by Crippen LogP contribution is -2.43. The van der Waals surface area contributed by atoms with Gasteiger partial charge in [-0.2, -0.15) is 0 Å². The molecule has 1 unspecified atom stereocenters. The molecule has 0 amide bonds. The van der Waals surface area contributed by atoms with Crippen LogP contribution in [0.15, 0.2) is 54.6 Å². The van der Waals surface area contributed by atoms with E-state index in [2.05, 4.69) is 0 Å². The quantitative estimate of drug-likeness (QED) is 0.365. The molecule has 0 heterocycles. The van der Waals surface area contributed by atoms with E-state index in [1.165, 1.54) is 12.1 Å². The van der Waals surface area contributed by atoms with E-state index in [4.69, 9.17) is 14.6 Å². The van der Waals surface area contributed by atoms with Crippen molar-refractivity contribution < 1.29 is 38.2 Å². The molecule has 2 N–H and O–H groups in total. The number of esters is 2. The van der Waals surface area contributed by atoms with Crippen LogP contribution < -0.4 is 0 Å². The Hall–Kier alpha value is -2.94. The van der Waals surface area contributed by atoms with Crippen molar-refractivity contribution in [3.8, 4) is 5.75 Å². The van der Waals surface area contributed by atoms with Gasteiger partial charge < -0.3 is 28.7 Å². The van der Waals surface area contributed by atoms with Gasteiger partial charge >= 0.3 is 11.9 Å². The number of quaternary nitrogens is 2. The fourth-order valence-electron chi connectivity index (χ4n) is 2.36. The summed E-state index contributed by atoms with van der Waals surface area (Å²) in [6.07, 6.45) is -1.08. The largest absolute Gasteiger partial charge is 0.508 e. The minimum Gasteiger partial charge on any atom is -0.508 e. The molecule has 0 aliphatic heterocycles. The summed E-state index contributed by atoms with van der Waals surface area (Å²) in [6, 6.07) is 14.7. The van der Waals surface area contributed by atoms with Gasteiger partial charge in [-0.1, -0.05) is 18.2 Å². The fraction of sp³-hybridized carbons (Fsp3) is 0.417. The molecule has 0 radical (unpaired) electrons. The highest BCUT2D eigenvalue weighted by Gasteiger charge is 2.19. The van der Waals surface area contributed by atoms with Crippen molar-refractivity contribution in [3.63, 3.8) is 0 Å². The SMILES string of the molecule is C[N+](C)(C)CC(O)OC(=O)c1ccccc1.C[N+](C)(C)CCOC(=O)c1ccc(O)cc1. The van der Waals surface area contributed by atoms with Crippen LogP contribution in [-0.2, 0) is 9.47 Å². The molecular weight excluding hydrogens is 412 g/mol. The van der Waals surface area contributed by atoms with Gasteiger partial charge in [0.2, 0.25) is 0 Å². The molecule has 1 atom stereocenters. The normalized spacial score (nSPS) is 12.2. The monoisotopic (exact) mass is 448 g/mol. The number of benzene rings is 2. The molecule has 0 saturated carbocycles. The molecule has 0 aliphatic rings. The van der Waals surface area contributed by atoms with Crippen molar-refractivity contribution >= 4 is 11.9 Å². The minimum absolute atomic E-state index is 0.142. The van der Waals surface area contributed by atoms with E-state index in [9.17, 15) is 14.7 Å². The van der Waals surface area contributed by atoms with Crippen LogP contribution in [0.5, 0.6) is 5.75 Å². The highest BCUT2D eigenvalue weighted by molar-refractivity contribution is 5.89. The Balaban J connectivity index is 0.000000320. The number of nitrogens with zero attached hydrogens (tertiary/aromatic N) is 2. The summed E-state index contributed by atoms with van der Waals surface area (Å²) in [5.74, 6) is -0.710. The molecule has 32 heavy (non-hydrogen) atoms. The third-order valence-corrected chi connectivity index (χ3v) is 4.05. The fourth-order valence-corrected chi connectivity index (χ4v) is 2.36. The first-order chi connectivity index (χ1) is 14.8. The molecule has 0 aromatic heterocycles. The molecule has 0 saturated heterocycles. The third kappa shape index (κ3) is 12.0. The van der Waals surface area contributed by atoms with Crippen molar-refractivity contribution in [1.29, 1.82) is 0 Å². The predicted molar refractivity (Wildman–Crippen MR) is 122 cm³/mol. The summed E-state index contributed by atoms with van der Waals surface area (Å²) < 4.78 is 11.3. The summed E-state index contributed by atoms with van der Waals surface area (Å²) in [6.45, 7) is 1.52. The molecule has 2 rings (SSSR count). The Morgan fingerprint density at radius 1 is 0.812 bits per heavy atom. The van der Waals surface area contributed by atoms with E-state index >= 15 is 0 Å². The average molecular weight is 449 g/mol. The van der Waals surface area contributed by atoms with Crippen LogP contribution in [0.25, 0.3) is 0 Å². The predicted octanol–water partition coefficient (Wildman–Crippen LogP) is 2.12. The molecule has 8 nitrogen and oxygen atoms in total. The van der Waals surface area contributed by atoms with E-state index in [1.54, 1.807) is 36.4 Å². The number of carbonyl (C=O) groups excluding carboxylic acids is 2.